The van der Waals surface area contributed by atoms with Gasteiger partial charge in [-0.1, -0.05) is 27.5 Å². The molecule has 1 saturated heterocycles. The Hall–Kier alpha value is -2.25. The molecule has 1 radical (unpaired) electrons. The number of nitrogens with zero attached hydrogens (tertiary/aromatic N) is 2. The zero-order valence-electron chi connectivity index (χ0n) is 16.2. The number of hydrogen-bond donors (Lipinski definition) is 1. The summed E-state index contributed by atoms with van der Waals surface area (Å²) in [7, 11) is 0. The lowest BCUT2D eigenvalue weighted by Crippen LogP contribution is -2.31. The fourth-order valence-corrected chi connectivity index (χ4v) is 4.32. The minimum absolute atomic E-state index is 0.112. The number of nitrogens with one attached hydrogen (secondary N) is 1. The highest BCUT2D eigenvalue weighted by atomic mass is 79.9. The predicted molar refractivity (Wildman–Crippen MR) is 118 cm³/mol. The van der Waals surface area contributed by atoms with Gasteiger partial charge in [0.1, 0.15) is 5.82 Å². The van der Waals surface area contributed by atoms with Gasteiger partial charge in [-0.3, -0.25) is 4.79 Å². The molecular formula is C22H18BrClF2N3O. The third-order valence-corrected chi connectivity index (χ3v) is 6.01. The van der Waals surface area contributed by atoms with Crippen molar-refractivity contribution in [3.05, 3.63) is 62.6 Å². The third kappa shape index (κ3) is 4.01. The van der Waals surface area contributed by atoms with E-state index in [9.17, 15) is 13.6 Å². The van der Waals surface area contributed by atoms with Gasteiger partial charge in [-0.05, 0) is 50.5 Å². The monoisotopic (exact) mass is 492 g/mol. The van der Waals surface area contributed by atoms with Crippen LogP contribution < -0.4 is 10.2 Å². The van der Waals surface area contributed by atoms with Crippen LogP contribution in [0.25, 0.3) is 10.9 Å². The molecule has 0 unspecified atom stereocenters. The number of carbonyl (C=O) groups is 1. The number of aromatic nitrogens is 1. The van der Waals surface area contributed by atoms with Crippen molar-refractivity contribution >= 4 is 55.8 Å². The van der Waals surface area contributed by atoms with Crippen LogP contribution in [0.5, 0.6) is 0 Å². The Bertz CT molecular complexity index is 1150. The van der Waals surface area contributed by atoms with E-state index in [1.807, 2.05) is 25.1 Å². The van der Waals surface area contributed by atoms with Crippen molar-refractivity contribution in [2.24, 2.45) is 0 Å². The van der Waals surface area contributed by atoms with E-state index in [0.29, 0.717) is 16.5 Å². The second-order valence-electron chi connectivity index (χ2n) is 7.25. The number of pyridine rings is 1. The highest BCUT2D eigenvalue weighted by molar-refractivity contribution is 9.10. The van der Waals surface area contributed by atoms with Gasteiger partial charge < -0.3 is 10.2 Å². The minimum Gasteiger partial charge on any atom is -0.356 e. The van der Waals surface area contributed by atoms with Crippen LogP contribution in [0.2, 0.25) is 5.02 Å². The first-order chi connectivity index (χ1) is 14.3. The molecule has 1 aliphatic rings. The molecule has 1 aliphatic heterocycles. The van der Waals surface area contributed by atoms with E-state index in [4.69, 9.17) is 16.6 Å². The summed E-state index contributed by atoms with van der Waals surface area (Å²) >= 11 is 9.43. The quantitative estimate of drug-likeness (QED) is 0.437. The van der Waals surface area contributed by atoms with Crippen LogP contribution in [-0.2, 0) is 0 Å². The largest absolute Gasteiger partial charge is 0.356 e. The van der Waals surface area contributed by atoms with E-state index in [-0.39, 0.29) is 10.7 Å². The molecule has 4 nitrogen and oxygen atoms in total. The van der Waals surface area contributed by atoms with Crippen molar-refractivity contribution in [2.75, 3.05) is 23.3 Å². The summed E-state index contributed by atoms with van der Waals surface area (Å²) in [5, 5.41) is 3.11. The maximum absolute atomic E-state index is 13.6. The second kappa shape index (κ2) is 8.47. The van der Waals surface area contributed by atoms with E-state index in [1.54, 1.807) is 0 Å². The third-order valence-electron chi connectivity index (χ3n) is 5.22. The first kappa shape index (κ1) is 21.0. The molecule has 3 aromatic rings. The van der Waals surface area contributed by atoms with Crippen LogP contribution in [0, 0.1) is 24.6 Å². The summed E-state index contributed by atoms with van der Waals surface area (Å²) in [6.07, 6.45) is 3.31. The number of halogens is 4. The maximum Gasteiger partial charge on any atom is 0.256 e. The first-order valence-corrected chi connectivity index (χ1v) is 10.7. The number of carbonyl (C=O) groups excluding carboxylic acids is 1. The van der Waals surface area contributed by atoms with Crippen LogP contribution in [0.1, 0.15) is 35.2 Å². The molecule has 0 saturated carbocycles. The van der Waals surface area contributed by atoms with Crippen molar-refractivity contribution in [1.29, 1.82) is 0 Å². The van der Waals surface area contributed by atoms with Crippen molar-refractivity contribution in [1.82, 2.24) is 4.98 Å². The molecule has 0 atom stereocenters. The summed E-state index contributed by atoms with van der Waals surface area (Å²) < 4.78 is 27.8. The van der Waals surface area contributed by atoms with Gasteiger partial charge in [0.25, 0.3) is 5.91 Å². The van der Waals surface area contributed by atoms with Gasteiger partial charge >= 0.3 is 0 Å². The van der Waals surface area contributed by atoms with E-state index < -0.39 is 17.5 Å². The molecule has 1 fully saturated rings. The van der Waals surface area contributed by atoms with E-state index in [0.717, 1.165) is 47.9 Å². The van der Waals surface area contributed by atoms with Crippen LogP contribution in [0.3, 0.4) is 0 Å². The predicted octanol–water partition coefficient (Wildman–Crippen LogP) is 6.28. The Labute approximate surface area is 186 Å². The Morgan fingerprint density at radius 1 is 1.23 bits per heavy atom. The molecule has 0 aliphatic carbocycles. The van der Waals surface area contributed by atoms with Crippen LogP contribution >= 0.6 is 27.5 Å². The lowest BCUT2D eigenvalue weighted by molar-refractivity contribution is 0.102. The Morgan fingerprint density at radius 2 is 1.97 bits per heavy atom. The van der Waals surface area contributed by atoms with Crippen LogP contribution in [0.15, 0.2) is 28.7 Å². The molecule has 2 aromatic carbocycles. The van der Waals surface area contributed by atoms with Gasteiger partial charge in [0, 0.05) is 28.5 Å². The van der Waals surface area contributed by atoms with E-state index in [2.05, 4.69) is 32.2 Å². The normalized spacial score (nSPS) is 14.2. The first-order valence-electron chi connectivity index (χ1n) is 9.58. The van der Waals surface area contributed by atoms with Crippen molar-refractivity contribution in [3.8, 4) is 0 Å². The zero-order chi connectivity index (χ0) is 21.4. The van der Waals surface area contributed by atoms with Crippen LogP contribution in [-0.4, -0.2) is 24.0 Å². The lowest BCUT2D eigenvalue weighted by atomic mass is 10.0. The average molecular weight is 494 g/mol. The summed E-state index contributed by atoms with van der Waals surface area (Å²) in [6.45, 7) is 3.60. The van der Waals surface area contributed by atoms with Crippen molar-refractivity contribution in [2.45, 2.75) is 26.2 Å². The molecule has 1 N–H and O–H groups in total. The number of fused-ring (bicyclic) bond motifs is 1. The van der Waals surface area contributed by atoms with Gasteiger partial charge in [-0.25, -0.2) is 13.8 Å². The van der Waals surface area contributed by atoms with Gasteiger partial charge in [0.15, 0.2) is 11.6 Å². The summed E-state index contributed by atoms with van der Waals surface area (Å²) in [4.78, 5) is 20.3. The van der Waals surface area contributed by atoms with Gasteiger partial charge in [-0.15, -0.1) is 0 Å². The molecular weight excluding hydrogens is 476 g/mol. The topological polar surface area (TPSA) is 45.2 Å². The minimum atomic E-state index is -1.21. The smallest absolute Gasteiger partial charge is 0.256 e. The molecule has 0 spiro atoms. The lowest BCUT2D eigenvalue weighted by Gasteiger charge is -2.30. The fourth-order valence-electron chi connectivity index (χ4n) is 3.77. The molecule has 8 heteroatoms. The van der Waals surface area contributed by atoms with E-state index in [1.165, 1.54) is 6.42 Å². The summed E-state index contributed by atoms with van der Waals surface area (Å²) in [5.41, 5.74) is 1.70. The standard InChI is InChI=1S/C22H18BrClF2N3O/c1-12-20(22(30)28-19-11-17(26)16(25)10-15(19)24)14-9-13(23)5-6-18(14)27-21(12)29-7-3-2-4-8-29/h5-6,9-10H,2-4,7-8H2,1H3,(H,28,30). The van der Waals surface area contributed by atoms with Gasteiger partial charge in [0.05, 0.1) is 27.9 Å². The Morgan fingerprint density at radius 3 is 2.70 bits per heavy atom. The number of rotatable bonds is 3. The summed E-state index contributed by atoms with van der Waals surface area (Å²) in [6, 6.07) is 8.51. The van der Waals surface area contributed by atoms with E-state index >= 15 is 0 Å². The van der Waals surface area contributed by atoms with Crippen LogP contribution in [0.4, 0.5) is 20.3 Å². The molecule has 1 aromatic heterocycles. The molecule has 0 bridgehead atoms. The molecule has 155 valence electrons. The maximum atomic E-state index is 13.6. The molecule has 2 heterocycles. The van der Waals surface area contributed by atoms with Crippen molar-refractivity contribution in [3.63, 3.8) is 0 Å². The highest BCUT2D eigenvalue weighted by Crippen LogP contribution is 2.33. The second-order valence-corrected chi connectivity index (χ2v) is 8.58. The number of benzene rings is 2. The number of piperidine rings is 1. The Balaban J connectivity index is 1.83. The highest BCUT2D eigenvalue weighted by Gasteiger charge is 2.23. The van der Waals surface area contributed by atoms with Crippen molar-refractivity contribution < 1.29 is 13.6 Å². The summed E-state index contributed by atoms with van der Waals surface area (Å²) in [5.74, 6) is -2.06. The molecule has 1 amide bonds. The van der Waals surface area contributed by atoms with Gasteiger partial charge in [0.2, 0.25) is 0 Å². The number of anilines is 2. The number of hydrogen-bond acceptors (Lipinski definition) is 3. The molecule has 30 heavy (non-hydrogen) atoms. The number of amides is 1. The Kier molecular flexibility index (Phi) is 5.93. The zero-order valence-corrected chi connectivity index (χ0v) is 18.5. The van der Waals surface area contributed by atoms with Gasteiger partial charge in [-0.2, -0.15) is 0 Å². The molecule has 4 rings (SSSR count). The SMILES string of the molecule is Cc1c(N2CCCCC2)nc2ccc(Br)cc2c1C(=O)Nc1[c]c(F)c(F)cc1Cl. The average Bonchev–Trinajstić information content (AvgIpc) is 2.72. The fraction of sp³-hybridized carbons (Fsp3) is 0.273.